The van der Waals surface area contributed by atoms with E-state index in [4.69, 9.17) is 16.3 Å². The van der Waals surface area contributed by atoms with E-state index >= 15 is 0 Å². The average molecular weight is 311 g/mol. The van der Waals surface area contributed by atoms with Gasteiger partial charge in [0, 0.05) is 26.3 Å². The second kappa shape index (κ2) is 6.07. The summed E-state index contributed by atoms with van der Waals surface area (Å²) in [5.41, 5.74) is 0.215. The van der Waals surface area contributed by atoms with Crippen LogP contribution in [0.1, 0.15) is 0 Å². The molecule has 0 aromatic carbocycles. The SMILES string of the molecule is C[Si](C)(C)CCOCn1ccc2ccc(Cl)nc2c1=O. The lowest BCUT2D eigenvalue weighted by molar-refractivity contribution is 0.0851. The lowest BCUT2D eigenvalue weighted by Crippen LogP contribution is -2.25. The Morgan fingerprint density at radius 3 is 2.75 bits per heavy atom. The molecule has 2 heterocycles. The number of ether oxygens (including phenoxy) is 1. The van der Waals surface area contributed by atoms with Gasteiger partial charge in [0.15, 0.2) is 0 Å². The summed E-state index contributed by atoms with van der Waals surface area (Å²) in [5, 5.41) is 1.12. The maximum atomic E-state index is 12.2. The van der Waals surface area contributed by atoms with Crippen LogP contribution in [-0.2, 0) is 11.5 Å². The highest BCUT2D eigenvalue weighted by atomic mass is 35.5. The molecule has 0 aliphatic carbocycles. The molecule has 0 bridgehead atoms. The largest absolute Gasteiger partial charge is 0.361 e. The number of nitrogens with zero attached hydrogens (tertiary/aromatic N) is 2. The van der Waals surface area contributed by atoms with Gasteiger partial charge in [-0.05, 0) is 24.2 Å². The Hall–Kier alpha value is -1.17. The van der Waals surface area contributed by atoms with Crippen molar-refractivity contribution in [2.45, 2.75) is 32.4 Å². The molecular formula is C14H19ClN2O2Si. The van der Waals surface area contributed by atoms with Gasteiger partial charge in [-0.25, -0.2) is 4.98 Å². The molecule has 0 unspecified atom stereocenters. The van der Waals surface area contributed by atoms with Crippen molar-refractivity contribution in [2.24, 2.45) is 0 Å². The number of pyridine rings is 2. The fraction of sp³-hybridized carbons (Fsp3) is 0.429. The maximum Gasteiger partial charge on any atom is 0.278 e. The fourth-order valence-electron chi connectivity index (χ4n) is 1.77. The quantitative estimate of drug-likeness (QED) is 0.483. The third-order valence-electron chi connectivity index (χ3n) is 3.02. The molecule has 0 spiro atoms. The predicted octanol–water partition coefficient (Wildman–Crippen LogP) is 3.36. The zero-order valence-electron chi connectivity index (χ0n) is 12.0. The zero-order valence-corrected chi connectivity index (χ0v) is 13.8. The van der Waals surface area contributed by atoms with E-state index in [-0.39, 0.29) is 12.3 Å². The van der Waals surface area contributed by atoms with Crippen LogP contribution < -0.4 is 5.56 Å². The number of fused-ring (bicyclic) bond motifs is 1. The van der Waals surface area contributed by atoms with Gasteiger partial charge in [0.05, 0.1) is 0 Å². The van der Waals surface area contributed by atoms with E-state index in [9.17, 15) is 4.79 Å². The van der Waals surface area contributed by atoms with Crippen molar-refractivity contribution in [1.29, 1.82) is 0 Å². The lowest BCUT2D eigenvalue weighted by atomic mass is 10.2. The molecule has 0 fully saturated rings. The number of hydrogen-bond donors (Lipinski definition) is 0. The Labute approximate surface area is 124 Å². The summed E-state index contributed by atoms with van der Waals surface area (Å²) in [6, 6.07) is 6.40. The number of aromatic nitrogens is 2. The first-order valence-electron chi connectivity index (χ1n) is 6.60. The van der Waals surface area contributed by atoms with Crippen molar-refractivity contribution in [3.8, 4) is 0 Å². The molecule has 2 aromatic heterocycles. The zero-order chi connectivity index (χ0) is 14.8. The van der Waals surface area contributed by atoms with Gasteiger partial charge in [-0.3, -0.25) is 9.36 Å². The summed E-state index contributed by atoms with van der Waals surface area (Å²) in [6.07, 6.45) is 1.73. The second-order valence-corrected chi connectivity index (χ2v) is 12.0. The van der Waals surface area contributed by atoms with Gasteiger partial charge in [-0.15, -0.1) is 0 Å². The van der Waals surface area contributed by atoms with Gasteiger partial charge in [0.1, 0.15) is 17.4 Å². The minimum absolute atomic E-state index is 0.169. The third-order valence-corrected chi connectivity index (χ3v) is 4.93. The Balaban J connectivity index is 2.11. The van der Waals surface area contributed by atoms with Crippen LogP contribution in [0.15, 0.2) is 29.2 Å². The summed E-state index contributed by atoms with van der Waals surface area (Å²) in [5.74, 6) is 0. The van der Waals surface area contributed by atoms with Crippen LogP contribution in [0.2, 0.25) is 30.8 Å². The highest BCUT2D eigenvalue weighted by Crippen LogP contribution is 2.12. The van der Waals surface area contributed by atoms with E-state index in [1.165, 1.54) is 4.57 Å². The lowest BCUT2D eigenvalue weighted by Gasteiger charge is -2.15. The molecule has 0 aliphatic rings. The summed E-state index contributed by atoms with van der Waals surface area (Å²) in [7, 11) is -1.10. The Kier molecular flexibility index (Phi) is 4.62. The molecule has 6 heteroatoms. The van der Waals surface area contributed by atoms with Gasteiger partial charge >= 0.3 is 0 Å². The molecule has 0 saturated heterocycles. The van der Waals surface area contributed by atoms with Gasteiger partial charge in [-0.2, -0.15) is 0 Å². The molecule has 4 nitrogen and oxygen atoms in total. The summed E-state index contributed by atoms with van der Waals surface area (Å²) < 4.78 is 7.12. The van der Waals surface area contributed by atoms with Gasteiger partial charge < -0.3 is 4.74 Å². The van der Waals surface area contributed by atoms with Crippen LogP contribution in [0.5, 0.6) is 0 Å². The van der Waals surface area contributed by atoms with E-state index in [0.29, 0.717) is 17.3 Å². The molecule has 0 atom stereocenters. The van der Waals surface area contributed by atoms with Crippen molar-refractivity contribution in [1.82, 2.24) is 9.55 Å². The van der Waals surface area contributed by atoms with E-state index in [1.807, 2.05) is 6.07 Å². The molecule has 0 aliphatic heterocycles. The molecular weight excluding hydrogens is 292 g/mol. The first kappa shape index (κ1) is 15.2. The van der Waals surface area contributed by atoms with Crippen LogP contribution in [0.3, 0.4) is 0 Å². The molecule has 0 radical (unpaired) electrons. The van der Waals surface area contributed by atoms with E-state index in [2.05, 4.69) is 24.6 Å². The normalized spacial score (nSPS) is 12.0. The smallest absolute Gasteiger partial charge is 0.278 e. The van der Waals surface area contributed by atoms with Crippen molar-refractivity contribution in [3.05, 3.63) is 39.9 Å². The first-order valence-corrected chi connectivity index (χ1v) is 10.7. The van der Waals surface area contributed by atoms with Crippen LogP contribution in [-0.4, -0.2) is 24.2 Å². The van der Waals surface area contributed by atoms with Crippen molar-refractivity contribution >= 4 is 30.6 Å². The Morgan fingerprint density at radius 1 is 1.30 bits per heavy atom. The van der Waals surface area contributed by atoms with Crippen LogP contribution in [0.4, 0.5) is 0 Å². The second-order valence-electron chi connectivity index (χ2n) is 6.01. The number of halogens is 1. The van der Waals surface area contributed by atoms with Crippen molar-refractivity contribution < 1.29 is 4.74 Å². The highest BCUT2D eigenvalue weighted by molar-refractivity contribution is 6.76. The molecule has 0 saturated carbocycles. The van der Waals surface area contributed by atoms with E-state index in [1.54, 1.807) is 18.3 Å². The summed E-state index contributed by atoms with van der Waals surface area (Å²) >= 11 is 5.83. The highest BCUT2D eigenvalue weighted by Gasteiger charge is 2.12. The standard InChI is InChI=1S/C14H19ClN2O2Si/c1-20(2,3)9-8-19-10-17-7-6-11-4-5-12(15)16-13(11)14(17)18/h4-7H,8-10H2,1-3H3. The monoisotopic (exact) mass is 310 g/mol. The Bertz CT molecular complexity index is 664. The molecule has 2 rings (SSSR count). The summed E-state index contributed by atoms with van der Waals surface area (Å²) in [6.45, 7) is 7.83. The maximum absolute atomic E-state index is 12.2. The third kappa shape index (κ3) is 3.91. The number of hydrogen-bond acceptors (Lipinski definition) is 3. The number of rotatable bonds is 5. The molecule has 2 aromatic rings. The van der Waals surface area contributed by atoms with Crippen LogP contribution in [0.25, 0.3) is 10.9 Å². The first-order chi connectivity index (χ1) is 9.37. The summed E-state index contributed by atoms with van der Waals surface area (Å²) in [4.78, 5) is 16.3. The van der Waals surface area contributed by atoms with Gasteiger partial charge in [0.2, 0.25) is 0 Å². The molecule has 0 N–H and O–H groups in total. The topological polar surface area (TPSA) is 44.1 Å². The fourth-order valence-corrected chi connectivity index (χ4v) is 2.67. The van der Waals surface area contributed by atoms with Crippen molar-refractivity contribution in [2.75, 3.05) is 6.61 Å². The van der Waals surface area contributed by atoms with Crippen LogP contribution in [0, 0.1) is 0 Å². The molecule has 20 heavy (non-hydrogen) atoms. The average Bonchev–Trinajstić information content (AvgIpc) is 2.36. The van der Waals surface area contributed by atoms with E-state index < -0.39 is 8.07 Å². The molecule has 108 valence electrons. The minimum Gasteiger partial charge on any atom is -0.361 e. The van der Waals surface area contributed by atoms with Crippen molar-refractivity contribution in [3.63, 3.8) is 0 Å². The van der Waals surface area contributed by atoms with Gasteiger partial charge in [-0.1, -0.05) is 31.2 Å². The van der Waals surface area contributed by atoms with E-state index in [0.717, 1.165) is 11.4 Å². The van der Waals surface area contributed by atoms with Gasteiger partial charge in [0.25, 0.3) is 5.56 Å². The molecule has 0 amide bonds. The predicted molar refractivity (Wildman–Crippen MR) is 85.1 cm³/mol. The van der Waals surface area contributed by atoms with Crippen LogP contribution >= 0.6 is 11.6 Å². The minimum atomic E-state index is -1.10. The Morgan fingerprint density at radius 2 is 2.05 bits per heavy atom.